The van der Waals surface area contributed by atoms with Crippen LogP contribution in [0.1, 0.15) is 37.3 Å². The van der Waals surface area contributed by atoms with Gasteiger partial charge in [0.1, 0.15) is 0 Å². The van der Waals surface area contributed by atoms with Crippen LogP contribution >= 0.6 is 0 Å². The fourth-order valence-electron chi connectivity index (χ4n) is 2.13. The largest absolute Gasteiger partial charge is 0.311 e. The van der Waals surface area contributed by atoms with Gasteiger partial charge >= 0.3 is 0 Å². The highest BCUT2D eigenvalue weighted by Gasteiger charge is 2.07. The number of hydrogen-bond acceptors (Lipinski definition) is 1. The van der Waals surface area contributed by atoms with E-state index in [1.807, 2.05) is 0 Å². The van der Waals surface area contributed by atoms with Crippen molar-refractivity contribution in [2.45, 2.75) is 38.6 Å². The van der Waals surface area contributed by atoms with E-state index < -0.39 is 0 Å². The fraction of sp³-hybridized carbons (Fsp3) is 0.467. The van der Waals surface area contributed by atoms with Crippen molar-refractivity contribution >= 4 is 6.08 Å². The summed E-state index contributed by atoms with van der Waals surface area (Å²) in [6, 6.07) is 9.43. The molecule has 0 saturated carbocycles. The topological polar surface area (TPSA) is 12.0 Å². The first-order valence-corrected chi connectivity index (χ1v) is 6.39. The van der Waals surface area contributed by atoms with Crippen LogP contribution in [0.25, 0.3) is 6.08 Å². The van der Waals surface area contributed by atoms with Crippen molar-refractivity contribution in [1.29, 1.82) is 0 Å². The Hall–Kier alpha value is -1.08. The Balaban J connectivity index is 1.94. The average Bonchev–Trinajstić information content (AvgIpc) is 2.38. The molecule has 1 aromatic carbocycles. The second-order valence-corrected chi connectivity index (χ2v) is 4.51. The van der Waals surface area contributed by atoms with Crippen LogP contribution in [-0.2, 0) is 6.42 Å². The monoisotopic (exact) mass is 215 g/mol. The van der Waals surface area contributed by atoms with Crippen molar-refractivity contribution < 1.29 is 0 Å². The highest BCUT2D eigenvalue weighted by atomic mass is 14.9. The second kappa shape index (κ2) is 5.86. The summed E-state index contributed by atoms with van der Waals surface area (Å²) in [5.74, 6) is 0. The number of nitrogens with one attached hydrogen (secondary N) is 1. The molecule has 1 heterocycles. The molecule has 1 aromatic rings. The molecule has 0 spiro atoms. The van der Waals surface area contributed by atoms with Gasteiger partial charge < -0.3 is 5.32 Å². The van der Waals surface area contributed by atoms with Crippen LogP contribution in [0.3, 0.4) is 0 Å². The first-order chi connectivity index (χ1) is 7.88. The number of hydrogen-bond donors (Lipinski definition) is 1. The maximum atomic E-state index is 3.53. The highest BCUT2D eigenvalue weighted by molar-refractivity contribution is 5.50. The third-order valence-electron chi connectivity index (χ3n) is 3.26. The lowest BCUT2D eigenvalue weighted by molar-refractivity contribution is 0.455. The van der Waals surface area contributed by atoms with E-state index in [9.17, 15) is 0 Å². The Morgan fingerprint density at radius 1 is 1.25 bits per heavy atom. The number of aryl methyl sites for hydroxylation is 1. The van der Waals surface area contributed by atoms with Crippen LogP contribution in [0.5, 0.6) is 0 Å². The molecule has 1 atom stereocenters. The molecule has 1 saturated heterocycles. The molecule has 86 valence electrons. The second-order valence-electron chi connectivity index (χ2n) is 4.51. The maximum Gasteiger partial charge on any atom is 0.0253 e. The molecular formula is C15H21N. The predicted molar refractivity (Wildman–Crippen MR) is 70.5 cm³/mol. The van der Waals surface area contributed by atoms with Gasteiger partial charge in [-0.2, -0.15) is 0 Å². The van der Waals surface area contributed by atoms with Gasteiger partial charge in [0.2, 0.25) is 0 Å². The van der Waals surface area contributed by atoms with E-state index in [4.69, 9.17) is 0 Å². The van der Waals surface area contributed by atoms with Gasteiger partial charge in [-0.15, -0.1) is 0 Å². The van der Waals surface area contributed by atoms with Crippen molar-refractivity contribution in [2.24, 2.45) is 0 Å². The third-order valence-corrected chi connectivity index (χ3v) is 3.26. The average molecular weight is 215 g/mol. The SMILES string of the molecule is CCc1ccc(/C=C/[C@@H]2CCCCN2)cc1. The van der Waals surface area contributed by atoms with Crippen molar-refractivity contribution in [2.75, 3.05) is 6.54 Å². The van der Waals surface area contributed by atoms with E-state index in [1.54, 1.807) is 0 Å². The summed E-state index contributed by atoms with van der Waals surface area (Å²) in [4.78, 5) is 0. The maximum absolute atomic E-state index is 3.53. The number of benzene rings is 1. The zero-order valence-electron chi connectivity index (χ0n) is 10.1. The molecule has 0 radical (unpaired) electrons. The summed E-state index contributed by atoms with van der Waals surface area (Å²) in [6.45, 7) is 3.36. The normalized spacial score (nSPS) is 21.4. The Morgan fingerprint density at radius 3 is 2.69 bits per heavy atom. The predicted octanol–water partition coefficient (Wildman–Crippen LogP) is 3.40. The van der Waals surface area contributed by atoms with Crippen LogP contribution in [0.4, 0.5) is 0 Å². The first-order valence-electron chi connectivity index (χ1n) is 6.39. The number of piperidine rings is 1. The zero-order valence-corrected chi connectivity index (χ0v) is 10.1. The fourth-order valence-corrected chi connectivity index (χ4v) is 2.13. The van der Waals surface area contributed by atoms with Crippen molar-refractivity contribution in [3.63, 3.8) is 0 Å². The molecule has 1 nitrogen and oxygen atoms in total. The van der Waals surface area contributed by atoms with E-state index in [-0.39, 0.29) is 0 Å². The molecular weight excluding hydrogens is 194 g/mol. The lowest BCUT2D eigenvalue weighted by atomic mass is 10.0. The summed E-state index contributed by atoms with van der Waals surface area (Å²) in [5, 5.41) is 3.53. The Bertz CT molecular complexity index is 331. The van der Waals surface area contributed by atoms with Crippen molar-refractivity contribution in [1.82, 2.24) is 5.32 Å². The standard InChI is InChI=1S/C15H21N/c1-2-13-6-8-14(9-7-13)10-11-15-5-3-4-12-16-15/h6-11,15-16H,2-5,12H2,1H3/b11-10+/t15-/m0/s1. The lowest BCUT2D eigenvalue weighted by Gasteiger charge is -2.19. The molecule has 1 N–H and O–H groups in total. The molecule has 0 amide bonds. The smallest absolute Gasteiger partial charge is 0.0253 e. The molecule has 16 heavy (non-hydrogen) atoms. The third kappa shape index (κ3) is 3.21. The van der Waals surface area contributed by atoms with Gasteiger partial charge in [-0.05, 0) is 36.9 Å². The minimum absolute atomic E-state index is 0.583. The van der Waals surface area contributed by atoms with Gasteiger partial charge in [-0.3, -0.25) is 0 Å². The van der Waals surface area contributed by atoms with Gasteiger partial charge in [-0.25, -0.2) is 0 Å². The van der Waals surface area contributed by atoms with E-state index in [0.717, 1.165) is 6.42 Å². The number of rotatable bonds is 3. The summed E-state index contributed by atoms with van der Waals surface area (Å²) in [5.41, 5.74) is 2.72. The molecule has 1 aliphatic heterocycles. The molecule has 0 unspecified atom stereocenters. The van der Waals surface area contributed by atoms with Crippen LogP contribution in [-0.4, -0.2) is 12.6 Å². The van der Waals surface area contributed by atoms with E-state index in [0.29, 0.717) is 6.04 Å². The summed E-state index contributed by atoms with van der Waals surface area (Å²) >= 11 is 0. The summed E-state index contributed by atoms with van der Waals surface area (Å²) in [6.07, 6.45) is 9.63. The van der Waals surface area contributed by atoms with E-state index in [2.05, 4.69) is 48.7 Å². The van der Waals surface area contributed by atoms with E-state index in [1.165, 1.54) is 36.9 Å². The molecule has 1 fully saturated rings. The van der Waals surface area contributed by atoms with Crippen molar-refractivity contribution in [3.8, 4) is 0 Å². The molecule has 0 aromatic heterocycles. The Labute approximate surface area is 98.6 Å². The van der Waals surface area contributed by atoms with Gasteiger partial charge in [-0.1, -0.05) is 49.8 Å². The first kappa shape index (κ1) is 11.4. The summed E-state index contributed by atoms with van der Waals surface area (Å²) in [7, 11) is 0. The molecule has 1 aliphatic rings. The lowest BCUT2D eigenvalue weighted by Crippen LogP contribution is -2.31. The molecule has 0 aliphatic carbocycles. The van der Waals surface area contributed by atoms with Gasteiger partial charge in [0.25, 0.3) is 0 Å². The minimum atomic E-state index is 0.583. The molecule has 0 bridgehead atoms. The van der Waals surface area contributed by atoms with Crippen LogP contribution in [0.15, 0.2) is 30.3 Å². The highest BCUT2D eigenvalue weighted by Crippen LogP contribution is 2.11. The minimum Gasteiger partial charge on any atom is -0.311 e. The zero-order chi connectivity index (χ0) is 11.2. The molecule has 1 heteroatoms. The Kier molecular flexibility index (Phi) is 4.17. The van der Waals surface area contributed by atoms with Crippen LogP contribution < -0.4 is 5.32 Å². The summed E-state index contributed by atoms with van der Waals surface area (Å²) < 4.78 is 0. The van der Waals surface area contributed by atoms with Crippen LogP contribution in [0.2, 0.25) is 0 Å². The van der Waals surface area contributed by atoms with Crippen molar-refractivity contribution in [3.05, 3.63) is 41.5 Å². The van der Waals surface area contributed by atoms with E-state index >= 15 is 0 Å². The van der Waals surface area contributed by atoms with Crippen LogP contribution in [0, 0.1) is 0 Å². The quantitative estimate of drug-likeness (QED) is 0.815. The molecule has 2 rings (SSSR count). The van der Waals surface area contributed by atoms with Gasteiger partial charge in [0, 0.05) is 6.04 Å². The Morgan fingerprint density at radius 2 is 2.06 bits per heavy atom. The van der Waals surface area contributed by atoms with Gasteiger partial charge in [0.05, 0.1) is 0 Å². The van der Waals surface area contributed by atoms with Gasteiger partial charge in [0.15, 0.2) is 0 Å².